The highest BCUT2D eigenvalue weighted by Gasteiger charge is 2.27. The number of ether oxygens (including phenoxy) is 1. The van der Waals surface area contributed by atoms with Gasteiger partial charge in [-0.2, -0.15) is 0 Å². The number of furan rings is 1. The van der Waals surface area contributed by atoms with Crippen molar-refractivity contribution in [3.05, 3.63) is 53.5 Å². The predicted molar refractivity (Wildman–Crippen MR) is 80.6 cm³/mol. The molecule has 2 aromatic rings. The van der Waals surface area contributed by atoms with E-state index in [0.29, 0.717) is 11.3 Å². The monoisotopic (exact) mass is 308 g/mol. The van der Waals surface area contributed by atoms with E-state index < -0.39 is 5.91 Å². The minimum atomic E-state index is -0.439. The van der Waals surface area contributed by atoms with E-state index in [1.807, 2.05) is 13.1 Å². The van der Waals surface area contributed by atoms with Crippen LogP contribution in [-0.2, 0) is 6.54 Å². The first-order valence-electron chi connectivity index (χ1n) is 6.45. The van der Waals surface area contributed by atoms with Gasteiger partial charge in [0.25, 0.3) is 0 Å². The highest BCUT2D eigenvalue weighted by molar-refractivity contribution is 5.92. The molecular formula is C15H17ClN2O3. The van der Waals surface area contributed by atoms with E-state index in [9.17, 15) is 4.79 Å². The van der Waals surface area contributed by atoms with Crippen molar-refractivity contribution < 1.29 is 13.9 Å². The second-order valence-corrected chi connectivity index (χ2v) is 4.99. The van der Waals surface area contributed by atoms with Crippen LogP contribution in [0.4, 0.5) is 0 Å². The van der Waals surface area contributed by atoms with E-state index in [4.69, 9.17) is 14.9 Å². The lowest BCUT2D eigenvalue weighted by molar-refractivity contribution is 0.1000. The van der Waals surface area contributed by atoms with E-state index in [1.54, 1.807) is 30.5 Å². The van der Waals surface area contributed by atoms with E-state index in [0.717, 1.165) is 24.4 Å². The molecule has 0 saturated heterocycles. The topological polar surface area (TPSA) is 68.7 Å². The van der Waals surface area contributed by atoms with Gasteiger partial charge in [0.1, 0.15) is 17.6 Å². The van der Waals surface area contributed by atoms with Gasteiger partial charge in [-0.1, -0.05) is 0 Å². The molecule has 1 aromatic carbocycles. The van der Waals surface area contributed by atoms with Gasteiger partial charge in [0, 0.05) is 17.7 Å². The van der Waals surface area contributed by atoms with Crippen molar-refractivity contribution in [1.29, 1.82) is 0 Å². The molecule has 0 saturated carbocycles. The standard InChI is InChI=1S/C15H16N2O3.ClH/c1-17-8-13-12(6-7-19-13)14(9-17)20-11-4-2-10(3-5-11)15(16)18;/h2-7,14H,8-9H2,1H3,(H2,16,18);1H. The zero-order valence-electron chi connectivity index (χ0n) is 11.6. The van der Waals surface area contributed by atoms with Gasteiger partial charge in [-0.3, -0.25) is 9.69 Å². The summed E-state index contributed by atoms with van der Waals surface area (Å²) in [6.45, 7) is 1.59. The van der Waals surface area contributed by atoms with E-state index in [2.05, 4.69) is 4.90 Å². The maximum atomic E-state index is 11.0. The fourth-order valence-electron chi connectivity index (χ4n) is 2.42. The smallest absolute Gasteiger partial charge is 0.248 e. The van der Waals surface area contributed by atoms with Crippen LogP contribution in [0.2, 0.25) is 0 Å². The number of rotatable bonds is 3. The number of carbonyl (C=O) groups is 1. The van der Waals surface area contributed by atoms with Crippen LogP contribution in [-0.4, -0.2) is 24.4 Å². The number of fused-ring (bicyclic) bond motifs is 1. The van der Waals surface area contributed by atoms with E-state index in [-0.39, 0.29) is 18.5 Å². The molecule has 5 nitrogen and oxygen atoms in total. The van der Waals surface area contributed by atoms with Crippen molar-refractivity contribution in [3.63, 3.8) is 0 Å². The minimum Gasteiger partial charge on any atom is -0.484 e. The summed E-state index contributed by atoms with van der Waals surface area (Å²) in [7, 11) is 2.03. The molecule has 0 radical (unpaired) electrons. The highest BCUT2D eigenvalue weighted by atomic mass is 35.5. The molecule has 1 unspecified atom stereocenters. The number of hydrogen-bond donors (Lipinski definition) is 1. The van der Waals surface area contributed by atoms with Crippen molar-refractivity contribution in [2.24, 2.45) is 5.73 Å². The molecule has 3 rings (SSSR count). The van der Waals surface area contributed by atoms with Crippen molar-refractivity contribution in [2.45, 2.75) is 12.6 Å². The number of amides is 1. The van der Waals surface area contributed by atoms with Crippen LogP contribution < -0.4 is 10.5 Å². The Hall–Kier alpha value is -1.98. The van der Waals surface area contributed by atoms with Crippen molar-refractivity contribution in [1.82, 2.24) is 4.90 Å². The number of likely N-dealkylation sites (N-methyl/N-ethyl adjacent to an activating group) is 1. The van der Waals surface area contributed by atoms with E-state index >= 15 is 0 Å². The zero-order valence-corrected chi connectivity index (χ0v) is 12.4. The molecule has 21 heavy (non-hydrogen) atoms. The summed E-state index contributed by atoms with van der Waals surface area (Å²) in [4.78, 5) is 13.2. The first-order valence-corrected chi connectivity index (χ1v) is 6.45. The number of nitrogens with two attached hydrogens (primary N) is 1. The van der Waals surface area contributed by atoms with Gasteiger partial charge in [-0.05, 0) is 37.4 Å². The van der Waals surface area contributed by atoms with Crippen LogP contribution in [0.5, 0.6) is 5.75 Å². The van der Waals surface area contributed by atoms with Gasteiger partial charge >= 0.3 is 0 Å². The third kappa shape index (κ3) is 3.20. The number of halogens is 1. The molecular weight excluding hydrogens is 292 g/mol. The number of benzene rings is 1. The predicted octanol–water partition coefficient (Wildman–Crippen LogP) is 2.37. The Morgan fingerprint density at radius 2 is 2.05 bits per heavy atom. The van der Waals surface area contributed by atoms with Crippen molar-refractivity contribution in [3.8, 4) is 5.75 Å². The summed E-state index contributed by atoms with van der Waals surface area (Å²) in [6.07, 6.45) is 1.62. The minimum absolute atomic E-state index is 0. The summed E-state index contributed by atoms with van der Waals surface area (Å²) in [5, 5.41) is 0. The summed E-state index contributed by atoms with van der Waals surface area (Å²) in [6, 6.07) is 8.80. The normalized spacial score (nSPS) is 17.7. The number of hydrogen-bond acceptors (Lipinski definition) is 4. The molecule has 1 aliphatic rings. The van der Waals surface area contributed by atoms with Crippen LogP contribution in [0, 0.1) is 0 Å². The molecule has 1 amide bonds. The Labute approximate surface area is 129 Å². The third-order valence-electron chi connectivity index (χ3n) is 3.43. The van der Waals surface area contributed by atoms with Crippen LogP contribution in [0.25, 0.3) is 0 Å². The fourth-order valence-corrected chi connectivity index (χ4v) is 2.42. The number of nitrogens with zero attached hydrogens (tertiary/aromatic N) is 1. The lowest BCUT2D eigenvalue weighted by Crippen LogP contribution is -2.32. The number of carbonyl (C=O) groups excluding carboxylic acids is 1. The average Bonchev–Trinajstić information content (AvgIpc) is 2.87. The maximum Gasteiger partial charge on any atom is 0.248 e. The Bertz CT molecular complexity index is 624. The van der Waals surface area contributed by atoms with Gasteiger partial charge in [-0.25, -0.2) is 0 Å². The molecule has 0 spiro atoms. The summed E-state index contributed by atoms with van der Waals surface area (Å²) in [5.41, 5.74) is 6.78. The van der Waals surface area contributed by atoms with Crippen LogP contribution in [0.15, 0.2) is 41.0 Å². The van der Waals surface area contributed by atoms with Gasteiger partial charge < -0.3 is 14.9 Å². The number of primary amides is 1. The molecule has 1 atom stereocenters. The third-order valence-corrected chi connectivity index (χ3v) is 3.43. The molecule has 2 heterocycles. The Kier molecular flexibility index (Phi) is 4.55. The molecule has 1 aliphatic heterocycles. The molecule has 1 aromatic heterocycles. The van der Waals surface area contributed by atoms with Gasteiger partial charge in [0.15, 0.2) is 0 Å². The molecule has 112 valence electrons. The summed E-state index contributed by atoms with van der Waals surface area (Å²) < 4.78 is 11.5. The SMILES string of the molecule is CN1Cc2occc2C(Oc2ccc(C(N)=O)cc2)C1.Cl. The molecule has 0 aliphatic carbocycles. The highest BCUT2D eigenvalue weighted by Crippen LogP contribution is 2.30. The van der Waals surface area contributed by atoms with Crippen LogP contribution in [0.1, 0.15) is 27.8 Å². The lowest BCUT2D eigenvalue weighted by Gasteiger charge is -2.29. The average molecular weight is 309 g/mol. The Balaban J connectivity index is 0.00000161. The van der Waals surface area contributed by atoms with Gasteiger partial charge in [-0.15, -0.1) is 12.4 Å². The summed E-state index contributed by atoms with van der Waals surface area (Å²) in [5.74, 6) is 1.21. The second-order valence-electron chi connectivity index (χ2n) is 4.99. The molecule has 0 bridgehead atoms. The van der Waals surface area contributed by atoms with Crippen LogP contribution in [0.3, 0.4) is 0 Å². The molecule has 2 N–H and O–H groups in total. The van der Waals surface area contributed by atoms with Gasteiger partial charge in [0.2, 0.25) is 5.91 Å². The van der Waals surface area contributed by atoms with E-state index in [1.165, 1.54) is 0 Å². The van der Waals surface area contributed by atoms with Gasteiger partial charge in [0.05, 0.1) is 12.8 Å². The maximum absolute atomic E-state index is 11.0. The molecule has 6 heteroatoms. The summed E-state index contributed by atoms with van der Waals surface area (Å²) >= 11 is 0. The fraction of sp³-hybridized carbons (Fsp3) is 0.267. The van der Waals surface area contributed by atoms with Crippen molar-refractivity contribution in [2.75, 3.05) is 13.6 Å². The first kappa shape index (κ1) is 15.4. The van der Waals surface area contributed by atoms with Crippen LogP contribution >= 0.6 is 12.4 Å². The first-order chi connectivity index (χ1) is 9.63. The lowest BCUT2D eigenvalue weighted by atomic mass is 10.1. The molecule has 0 fully saturated rings. The largest absolute Gasteiger partial charge is 0.484 e. The zero-order chi connectivity index (χ0) is 14.1. The quantitative estimate of drug-likeness (QED) is 0.945. The van der Waals surface area contributed by atoms with Crippen molar-refractivity contribution >= 4 is 18.3 Å². The Morgan fingerprint density at radius 3 is 2.71 bits per heavy atom. The second kappa shape index (κ2) is 6.20. The Morgan fingerprint density at radius 1 is 1.33 bits per heavy atom.